The van der Waals surface area contributed by atoms with Crippen LogP contribution in [-0.2, 0) is 6.54 Å². The highest BCUT2D eigenvalue weighted by atomic mass is 79.9. The Morgan fingerprint density at radius 3 is 2.54 bits per heavy atom. The second kappa shape index (κ2) is 8.69. The van der Waals surface area contributed by atoms with Crippen LogP contribution in [-0.4, -0.2) is 49.4 Å². The van der Waals surface area contributed by atoms with Crippen LogP contribution < -0.4 is 4.74 Å². The van der Waals surface area contributed by atoms with E-state index in [1.165, 1.54) is 16.7 Å². The Labute approximate surface area is 164 Å². The van der Waals surface area contributed by atoms with Crippen LogP contribution in [0.5, 0.6) is 5.75 Å². The summed E-state index contributed by atoms with van der Waals surface area (Å²) in [5, 5.41) is 6.79. The molecule has 1 heterocycles. The van der Waals surface area contributed by atoms with Gasteiger partial charge in [-0.3, -0.25) is 9.91 Å². The van der Waals surface area contributed by atoms with Crippen molar-refractivity contribution in [1.29, 1.82) is 0 Å². The van der Waals surface area contributed by atoms with Crippen LogP contribution in [0.4, 0.5) is 0 Å². The molecule has 2 aromatic carbocycles. The van der Waals surface area contributed by atoms with Crippen molar-refractivity contribution in [3.05, 3.63) is 63.1 Å². The van der Waals surface area contributed by atoms with E-state index in [0.717, 1.165) is 48.5 Å². The Kier molecular flexibility index (Phi) is 6.33. The zero-order valence-corrected chi connectivity index (χ0v) is 17.3. The maximum atomic E-state index is 5.40. The van der Waals surface area contributed by atoms with Crippen molar-refractivity contribution < 1.29 is 4.74 Å². The summed E-state index contributed by atoms with van der Waals surface area (Å²) in [7, 11) is 1.69. The molecule has 2 aromatic rings. The zero-order valence-electron chi connectivity index (χ0n) is 15.7. The number of methoxy groups -OCH3 is 1. The number of benzene rings is 2. The van der Waals surface area contributed by atoms with Gasteiger partial charge >= 0.3 is 0 Å². The highest BCUT2D eigenvalue weighted by Crippen LogP contribution is 2.21. The average molecular weight is 416 g/mol. The number of hydrazone groups is 1. The van der Waals surface area contributed by atoms with Gasteiger partial charge in [0, 0.05) is 42.8 Å². The minimum atomic E-state index is 0.838. The van der Waals surface area contributed by atoms with Crippen molar-refractivity contribution in [2.75, 3.05) is 33.3 Å². The molecule has 0 unspecified atom stereocenters. The molecule has 1 saturated heterocycles. The molecule has 0 aromatic heterocycles. The average Bonchev–Trinajstić information content (AvgIpc) is 2.63. The molecule has 0 amide bonds. The maximum absolute atomic E-state index is 5.40. The molecule has 0 atom stereocenters. The van der Waals surface area contributed by atoms with Crippen LogP contribution >= 0.6 is 15.9 Å². The lowest BCUT2D eigenvalue weighted by molar-refractivity contribution is 0.131. The second-order valence-corrected chi connectivity index (χ2v) is 7.71. The third-order valence-corrected chi connectivity index (χ3v) is 5.29. The van der Waals surface area contributed by atoms with Gasteiger partial charge in [0.25, 0.3) is 0 Å². The van der Waals surface area contributed by atoms with Gasteiger partial charge in [0.15, 0.2) is 0 Å². The van der Waals surface area contributed by atoms with Crippen molar-refractivity contribution in [3.63, 3.8) is 0 Å². The standard InChI is InChI=1S/C21H26BrN3O/c1-16-4-5-18(17(2)12-16)15-24-8-10-25(11-9-24)23-14-19-13-20(22)6-7-21(19)26-3/h4-7,12-14H,8-11,15H2,1-3H3. The van der Waals surface area contributed by atoms with Gasteiger partial charge in [-0.1, -0.05) is 39.7 Å². The lowest BCUT2D eigenvalue weighted by Crippen LogP contribution is -2.43. The van der Waals surface area contributed by atoms with Crippen molar-refractivity contribution in [3.8, 4) is 5.75 Å². The number of halogens is 1. The summed E-state index contributed by atoms with van der Waals surface area (Å²) in [6.07, 6.45) is 1.89. The largest absolute Gasteiger partial charge is 0.496 e. The Balaban J connectivity index is 1.56. The lowest BCUT2D eigenvalue weighted by Gasteiger charge is -2.33. The third kappa shape index (κ3) is 4.86. The van der Waals surface area contributed by atoms with Crippen LogP contribution in [0, 0.1) is 13.8 Å². The fourth-order valence-electron chi connectivity index (χ4n) is 3.22. The second-order valence-electron chi connectivity index (χ2n) is 6.79. The SMILES string of the molecule is COc1ccc(Br)cc1C=NN1CCN(Cc2ccc(C)cc2C)CC1. The first-order valence-corrected chi connectivity index (χ1v) is 9.75. The van der Waals surface area contributed by atoms with Gasteiger partial charge in [0.2, 0.25) is 0 Å². The Morgan fingerprint density at radius 1 is 1.08 bits per heavy atom. The fraction of sp³-hybridized carbons (Fsp3) is 0.381. The predicted octanol–water partition coefficient (Wildman–Crippen LogP) is 4.23. The molecule has 26 heavy (non-hydrogen) atoms. The van der Waals surface area contributed by atoms with Crippen LogP contribution in [0.1, 0.15) is 22.3 Å². The normalized spacial score (nSPS) is 15.6. The Morgan fingerprint density at radius 2 is 1.85 bits per heavy atom. The summed E-state index contributed by atoms with van der Waals surface area (Å²) in [6.45, 7) is 9.31. The highest BCUT2D eigenvalue weighted by Gasteiger charge is 2.16. The number of rotatable bonds is 5. The van der Waals surface area contributed by atoms with Gasteiger partial charge in [-0.25, -0.2) is 0 Å². The molecule has 1 aliphatic heterocycles. The smallest absolute Gasteiger partial charge is 0.127 e. The molecule has 138 valence electrons. The predicted molar refractivity (Wildman–Crippen MR) is 111 cm³/mol. The lowest BCUT2D eigenvalue weighted by atomic mass is 10.1. The summed E-state index contributed by atoms with van der Waals surface area (Å²) >= 11 is 3.50. The maximum Gasteiger partial charge on any atom is 0.127 e. The number of piperazine rings is 1. The molecule has 1 fully saturated rings. The quantitative estimate of drug-likeness (QED) is 0.683. The van der Waals surface area contributed by atoms with Crippen molar-refractivity contribution >= 4 is 22.1 Å². The summed E-state index contributed by atoms with van der Waals surface area (Å²) in [5.41, 5.74) is 5.12. The van der Waals surface area contributed by atoms with E-state index in [0.29, 0.717) is 0 Å². The Bertz CT molecular complexity index is 783. The molecule has 0 saturated carbocycles. The molecule has 0 bridgehead atoms. The van der Waals surface area contributed by atoms with Gasteiger partial charge in [-0.05, 0) is 43.2 Å². The van der Waals surface area contributed by atoms with Crippen LogP contribution in [0.2, 0.25) is 0 Å². The van der Waals surface area contributed by atoms with Gasteiger partial charge in [0.1, 0.15) is 5.75 Å². The first-order chi connectivity index (χ1) is 12.5. The number of aryl methyl sites for hydroxylation is 2. The topological polar surface area (TPSA) is 28.1 Å². The number of ether oxygens (including phenoxy) is 1. The highest BCUT2D eigenvalue weighted by molar-refractivity contribution is 9.10. The summed E-state index contributed by atoms with van der Waals surface area (Å²) in [4.78, 5) is 2.50. The minimum absolute atomic E-state index is 0.838. The van der Waals surface area contributed by atoms with Gasteiger partial charge in [-0.15, -0.1) is 0 Å². The van der Waals surface area contributed by atoms with E-state index >= 15 is 0 Å². The van der Waals surface area contributed by atoms with Crippen molar-refractivity contribution in [1.82, 2.24) is 9.91 Å². The summed E-state index contributed by atoms with van der Waals surface area (Å²) in [6, 6.07) is 12.7. The van der Waals surface area contributed by atoms with Crippen LogP contribution in [0.25, 0.3) is 0 Å². The summed E-state index contributed by atoms with van der Waals surface area (Å²) < 4.78 is 6.43. The van der Waals surface area contributed by atoms with E-state index < -0.39 is 0 Å². The van der Waals surface area contributed by atoms with E-state index in [1.807, 2.05) is 24.4 Å². The first-order valence-electron chi connectivity index (χ1n) is 8.96. The van der Waals surface area contributed by atoms with E-state index in [2.05, 4.69) is 63.0 Å². The minimum Gasteiger partial charge on any atom is -0.496 e. The van der Waals surface area contributed by atoms with E-state index in [1.54, 1.807) is 7.11 Å². The molecule has 0 aliphatic carbocycles. The molecule has 0 spiro atoms. The number of nitrogens with zero attached hydrogens (tertiary/aromatic N) is 3. The molecule has 1 aliphatic rings. The monoisotopic (exact) mass is 415 g/mol. The number of hydrogen-bond donors (Lipinski definition) is 0. The van der Waals surface area contributed by atoms with Gasteiger partial charge in [-0.2, -0.15) is 5.10 Å². The molecule has 3 rings (SSSR count). The van der Waals surface area contributed by atoms with Gasteiger partial charge in [0.05, 0.1) is 13.3 Å². The third-order valence-electron chi connectivity index (χ3n) is 4.79. The molecule has 0 N–H and O–H groups in total. The Hall–Kier alpha value is -1.85. The van der Waals surface area contributed by atoms with Crippen LogP contribution in [0.3, 0.4) is 0 Å². The molecular formula is C21H26BrN3O. The zero-order chi connectivity index (χ0) is 18.5. The van der Waals surface area contributed by atoms with Crippen molar-refractivity contribution in [2.45, 2.75) is 20.4 Å². The molecular weight excluding hydrogens is 390 g/mol. The first kappa shape index (κ1) is 18.9. The van der Waals surface area contributed by atoms with Crippen LogP contribution in [0.15, 0.2) is 46.0 Å². The molecule has 4 nitrogen and oxygen atoms in total. The van der Waals surface area contributed by atoms with E-state index in [9.17, 15) is 0 Å². The molecule has 0 radical (unpaired) electrons. The number of hydrogen-bond acceptors (Lipinski definition) is 4. The van der Waals surface area contributed by atoms with E-state index in [4.69, 9.17) is 4.74 Å². The summed E-state index contributed by atoms with van der Waals surface area (Å²) in [5.74, 6) is 0.838. The van der Waals surface area contributed by atoms with Crippen molar-refractivity contribution in [2.24, 2.45) is 5.10 Å². The van der Waals surface area contributed by atoms with Gasteiger partial charge < -0.3 is 4.74 Å². The van der Waals surface area contributed by atoms with E-state index in [-0.39, 0.29) is 0 Å². The molecule has 5 heteroatoms. The fourth-order valence-corrected chi connectivity index (χ4v) is 3.60.